The van der Waals surface area contributed by atoms with Gasteiger partial charge in [-0.1, -0.05) is 12.1 Å². The number of aromatic nitrogens is 1. The Kier molecular flexibility index (Phi) is 4.21. The number of nitrogens with one attached hydrogen (secondary N) is 2. The average Bonchev–Trinajstić information content (AvgIpc) is 2.45. The normalized spacial score (nSPS) is 10.2. The van der Waals surface area contributed by atoms with Crippen molar-refractivity contribution in [3.8, 4) is 0 Å². The molecule has 20 heavy (non-hydrogen) atoms. The molecule has 1 heterocycles. The first-order chi connectivity index (χ1) is 9.61. The Morgan fingerprint density at radius 2 is 2.10 bits per heavy atom. The van der Waals surface area contributed by atoms with Gasteiger partial charge < -0.3 is 10.7 Å². The maximum Gasteiger partial charge on any atom is 0.254 e. The third-order valence-electron chi connectivity index (χ3n) is 2.61. The number of hydrazine groups is 1. The molecule has 2 aromatic rings. The summed E-state index contributed by atoms with van der Waals surface area (Å²) in [7, 11) is 0. The van der Waals surface area contributed by atoms with Crippen molar-refractivity contribution < 1.29 is 13.6 Å². The Bertz CT molecular complexity index is 634. The molecule has 4 N–H and O–H groups in total. The lowest BCUT2D eigenvalue weighted by atomic mass is 10.2. The molecule has 0 saturated heterocycles. The molecule has 1 aromatic carbocycles. The lowest BCUT2D eigenvalue weighted by Gasteiger charge is -2.08. The fourth-order valence-corrected chi connectivity index (χ4v) is 1.64. The lowest BCUT2D eigenvalue weighted by Crippen LogP contribution is -2.25. The molecule has 0 aliphatic heterocycles. The predicted molar refractivity (Wildman–Crippen MR) is 69.6 cm³/mol. The highest BCUT2D eigenvalue weighted by atomic mass is 19.1. The summed E-state index contributed by atoms with van der Waals surface area (Å²) in [5.74, 6) is 2.98. The van der Waals surface area contributed by atoms with Gasteiger partial charge in [-0.05, 0) is 23.8 Å². The SMILES string of the molecule is NNc1nccc(C(=O)NCc2cccc(F)c2)c1F. The van der Waals surface area contributed by atoms with Gasteiger partial charge in [0.1, 0.15) is 5.82 Å². The molecule has 0 unspecified atom stereocenters. The highest BCUT2D eigenvalue weighted by Gasteiger charge is 2.15. The molecule has 5 nitrogen and oxygen atoms in total. The number of nitrogen functional groups attached to an aromatic ring is 1. The fourth-order valence-electron chi connectivity index (χ4n) is 1.64. The van der Waals surface area contributed by atoms with Crippen LogP contribution in [-0.4, -0.2) is 10.9 Å². The smallest absolute Gasteiger partial charge is 0.254 e. The molecular weight excluding hydrogens is 266 g/mol. The van der Waals surface area contributed by atoms with Gasteiger partial charge in [0.25, 0.3) is 5.91 Å². The number of halogens is 2. The summed E-state index contributed by atoms with van der Waals surface area (Å²) in [6.07, 6.45) is 1.26. The molecule has 104 valence electrons. The second kappa shape index (κ2) is 6.07. The van der Waals surface area contributed by atoms with Crippen molar-refractivity contribution in [1.82, 2.24) is 10.3 Å². The summed E-state index contributed by atoms with van der Waals surface area (Å²) in [5, 5.41) is 2.49. The van der Waals surface area contributed by atoms with Crippen molar-refractivity contribution in [2.24, 2.45) is 5.84 Å². The molecular formula is C13H12F2N4O. The van der Waals surface area contributed by atoms with E-state index >= 15 is 0 Å². The molecule has 0 aliphatic carbocycles. The number of nitrogens with zero attached hydrogens (tertiary/aromatic N) is 1. The van der Waals surface area contributed by atoms with Crippen LogP contribution in [-0.2, 0) is 6.54 Å². The van der Waals surface area contributed by atoms with Crippen LogP contribution < -0.4 is 16.6 Å². The minimum Gasteiger partial charge on any atom is -0.348 e. The summed E-state index contributed by atoms with van der Waals surface area (Å²) >= 11 is 0. The Morgan fingerprint density at radius 3 is 2.80 bits per heavy atom. The van der Waals surface area contributed by atoms with Crippen LogP contribution in [0.3, 0.4) is 0 Å². The van der Waals surface area contributed by atoms with Gasteiger partial charge in [0, 0.05) is 12.7 Å². The highest BCUT2D eigenvalue weighted by Crippen LogP contribution is 2.14. The summed E-state index contributed by atoms with van der Waals surface area (Å²) in [4.78, 5) is 15.5. The van der Waals surface area contributed by atoms with E-state index in [1.54, 1.807) is 6.07 Å². The first-order valence-electron chi connectivity index (χ1n) is 5.75. The zero-order chi connectivity index (χ0) is 14.5. The van der Waals surface area contributed by atoms with Gasteiger partial charge in [-0.25, -0.2) is 19.6 Å². The molecule has 0 saturated carbocycles. The van der Waals surface area contributed by atoms with E-state index in [4.69, 9.17) is 5.84 Å². The van der Waals surface area contributed by atoms with Gasteiger partial charge in [-0.3, -0.25) is 4.79 Å². The molecule has 0 spiro atoms. The van der Waals surface area contributed by atoms with E-state index in [9.17, 15) is 13.6 Å². The number of rotatable bonds is 4. The molecule has 0 aliphatic rings. The van der Waals surface area contributed by atoms with Crippen molar-refractivity contribution in [3.05, 3.63) is 59.3 Å². The number of pyridine rings is 1. The van der Waals surface area contributed by atoms with E-state index in [1.165, 1.54) is 30.5 Å². The number of carbonyl (C=O) groups is 1. The zero-order valence-corrected chi connectivity index (χ0v) is 10.4. The van der Waals surface area contributed by atoms with E-state index in [1.807, 2.05) is 0 Å². The quantitative estimate of drug-likeness (QED) is 0.586. The lowest BCUT2D eigenvalue weighted by molar-refractivity contribution is 0.0946. The van der Waals surface area contributed by atoms with Gasteiger partial charge in [-0.15, -0.1) is 0 Å². The molecule has 1 aromatic heterocycles. The Hall–Kier alpha value is -2.54. The number of anilines is 1. The maximum atomic E-state index is 13.8. The molecule has 0 fully saturated rings. The number of carbonyl (C=O) groups excluding carboxylic acids is 1. The van der Waals surface area contributed by atoms with Crippen molar-refractivity contribution in [2.75, 3.05) is 5.43 Å². The third-order valence-corrected chi connectivity index (χ3v) is 2.61. The largest absolute Gasteiger partial charge is 0.348 e. The second-order valence-corrected chi connectivity index (χ2v) is 3.98. The van der Waals surface area contributed by atoms with Crippen LogP contribution in [0, 0.1) is 11.6 Å². The van der Waals surface area contributed by atoms with Crippen LogP contribution in [0.4, 0.5) is 14.6 Å². The van der Waals surface area contributed by atoms with Crippen LogP contribution in [0.25, 0.3) is 0 Å². The first kappa shape index (κ1) is 13.9. The number of nitrogens with two attached hydrogens (primary N) is 1. The van der Waals surface area contributed by atoms with Crippen LogP contribution in [0.15, 0.2) is 36.5 Å². The number of hydrogen-bond acceptors (Lipinski definition) is 4. The monoisotopic (exact) mass is 278 g/mol. The van der Waals surface area contributed by atoms with Crippen molar-refractivity contribution >= 4 is 11.7 Å². The van der Waals surface area contributed by atoms with Gasteiger partial charge in [0.05, 0.1) is 5.56 Å². The highest BCUT2D eigenvalue weighted by molar-refractivity contribution is 5.95. The van der Waals surface area contributed by atoms with Gasteiger partial charge in [-0.2, -0.15) is 0 Å². The maximum absolute atomic E-state index is 13.8. The summed E-state index contributed by atoms with van der Waals surface area (Å²) in [6.45, 7) is 0.0870. The topological polar surface area (TPSA) is 80.0 Å². The standard InChI is InChI=1S/C13H12F2N4O/c14-9-3-1-2-8(6-9)7-18-13(20)10-4-5-17-12(19-16)11(10)15/h1-6H,7,16H2,(H,17,19)(H,18,20). The Balaban J connectivity index is 2.09. The van der Waals surface area contributed by atoms with Crippen molar-refractivity contribution in [3.63, 3.8) is 0 Å². The summed E-state index contributed by atoms with van der Waals surface area (Å²) in [5.41, 5.74) is 2.44. The Morgan fingerprint density at radius 1 is 1.30 bits per heavy atom. The molecule has 0 atom stereocenters. The fraction of sp³-hybridized carbons (Fsp3) is 0.0769. The molecule has 1 amide bonds. The van der Waals surface area contributed by atoms with Crippen molar-refractivity contribution in [1.29, 1.82) is 0 Å². The van der Waals surface area contributed by atoms with E-state index in [2.05, 4.69) is 15.7 Å². The third kappa shape index (κ3) is 3.07. The van der Waals surface area contributed by atoms with Gasteiger partial charge in [0.2, 0.25) is 0 Å². The second-order valence-electron chi connectivity index (χ2n) is 3.98. The van der Waals surface area contributed by atoms with Gasteiger partial charge in [0.15, 0.2) is 11.6 Å². The predicted octanol–water partition coefficient (Wildman–Crippen LogP) is 1.58. The van der Waals surface area contributed by atoms with E-state index in [0.717, 1.165) is 0 Å². The van der Waals surface area contributed by atoms with Crippen molar-refractivity contribution in [2.45, 2.75) is 6.54 Å². The minimum absolute atomic E-state index is 0.0870. The first-order valence-corrected chi connectivity index (χ1v) is 5.75. The molecule has 0 bridgehead atoms. The van der Waals surface area contributed by atoms with Gasteiger partial charge >= 0.3 is 0 Å². The number of benzene rings is 1. The van der Waals surface area contributed by atoms with Crippen LogP contribution in [0.2, 0.25) is 0 Å². The number of amides is 1. The van der Waals surface area contributed by atoms with Crippen LogP contribution in [0.5, 0.6) is 0 Å². The minimum atomic E-state index is -0.841. The molecule has 2 rings (SSSR count). The molecule has 0 radical (unpaired) electrons. The molecule has 7 heteroatoms. The van der Waals surface area contributed by atoms with Crippen LogP contribution >= 0.6 is 0 Å². The van der Waals surface area contributed by atoms with E-state index in [0.29, 0.717) is 5.56 Å². The number of hydrogen-bond donors (Lipinski definition) is 3. The van der Waals surface area contributed by atoms with Crippen LogP contribution in [0.1, 0.15) is 15.9 Å². The summed E-state index contributed by atoms with van der Waals surface area (Å²) < 4.78 is 26.8. The van der Waals surface area contributed by atoms with E-state index < -0.39 is 17.5 Å². The zero-order valence-electron chi connectivity index (χ0n) is 10.4. The Labute approximate surface area is 113 Å². The summed E-state index contributed by atoms with van der Waals surface area (Å²) in [6, 6.07) is 7.00. The average molecular weight is 278 g/mol. The van der Waals surface area contributed by atoms with E-state index in [-0.39, 0.29) is 17.9 Å².